The molecule has 0 aliphatic carbocycles. The topological polar surface area (TPSA) is 70.7 Å². The van der Waals surface area contributed by atoms with Crippen molar-refractivity contribution in [2.45, 2.75) is 0 Å². The van der Waals surface area contributed by atoms with E-state index in [2.05, 4.69) is 20.3 Å². The van der Waals surface area contributed by atoms with Crippen LogP contribution in [0.4, 0.5) is 5.69 Å². The van der Waals surface area contributed by atoms with Crippen LogP contribution in [0.15, 0.2) is 36.1 Å². The number of anilines is 1. The van der Waals surface area contributed by atoms with Crippen molar-refractivity contribution in [2.75, 3.05) is 5.32 Å². The summed E-state index contributed by atoms with van der Waals surface area (Å²) in [4.78, 5) is 23.5. The van der Waals surface area contributed by atoms with E-state index in [0.717, 1.165) is 5.52 Å². The van der Waals surface area contributed by atoms with Crippen molar-refractivity contribution in [2.24, 2.45) is 0 Å². The number of carbonyl (C=O) groups is 1. The summed E-state index contributed by atoms with van der Waals surface area (Å²) in [6.45, 7) is 0. The maximum Gasteiger partial charge on any atom is 0.265 e. The van der Waals surface area contributed by atoms with Crippen molar-refractivity contribution < 1.29 is 4.79 Å². The predicted octanol–water partition coefficient (Wildman–Crippen LogP) is 2.27. The minimum Gasteiger partial charge on any atom is -0.343 e. The van der Waals surface area contributed by atoms with E-state index in [-0.39, 0.29) is 5.91 Å². The third-order valence-corrected chi connectivity index (χ3v) is 3.15. The Balaban J connectivity index is 1.87. The Morgan fingerprint density at radius 3 is 3.18 bits per heavy atom. The van der Waals surface area contributed by atoms with Gasteiger partial charge in [-0.25, -0.2) is 9.97 Å². The number of rotatable bonds is 2. The number of H-pyrrole nitrogens is 1. The average Bonchev–Trinajstić information content (AvgIpc) is 2.99. The van der Waals surface area contributed by atoms with Crippen LogP contribution in [0.2, 0.25) is 0 Å². The van der Waals surface area contributed by atoms with E-state index in [4.69, 9.17) is 0 Å². The first-order chi connectivity index (χ1) is 8.33. The predicted molar refractivity (Wildman–Crippen MR) is 66.2 cm³/mol. The Morgan fingerprint density at radius 2 is 2.35 bits per heavy atom. The van der Waals surface area contributed by atoms with E-state index in [1.165, 1.54) is 11.3 Å². The molecule has 0 radical (unpaired) electrons. The highest BCUT2D eigenvalue weighted by Crippen LogP contribution is 2.15. The standard InChI is InChI=1S/C11H8N4OS/c16-11(9-2-1-3-17-9)15-7-4-8-10(12-5-7)14-6-13-8/h1-6H,(H,15,16)(H,12,13,14). The van der Waals surface area contributed by atoms with Crippen LogP contribution >= 0.6 is 11.3 Å². The quantitative estimate of drug-likeness (QED) is 0.726. The molecule has 5 nitrogen and oxygen atoms in total. The van der Waals surface area contributed by atoms with Gasteiger partial charge in [-0.1, -0.05) is 6.07 Å². The van der Waals surface area contributed by atoms with E-state index < -0.39 is 0 Å². The molecule has 17 heavy (non-hydrogen) atoms. The summed E-state index contributed by atoms with van der Waals surface area (Å²) in [5.74, 6) is -0.124. The second-order valence-corrected chi connectivity index (χ2v) is 4.38. The lowest BCUT2D eigenvalue weighted by atomic mass is 10.3. The van der Waals surface area contributed by atoms with Gasteiger partial charge in [0.1, 0.15) is 0 Å². The summed E-state index contributed by atoms with van der Waals surface area (Å²) in [7, 11) is 0. The zero-order chi connectivity index (χ0) is 11.7. The number of hydrogen-bond acceptors (Lipinski definition) is 4. The summed E-state index contributed by atoms with van der Waals surface area (Å²) >= 11 is 1.40. The molecule has 0 bridgehead atoms. The van der Waals surface area contributed by atoms with Gasteiger partial charge in [0.15, 0.2) is 5.65 Å². The number of amides is 1. The van der Waals surface area contributed by atoms with Gasteiger partial charge in [-0.15, -0.1) is 11.3 Å². The number of nitrogens with one attached hydrogen (secondary N) is 2. The molecule has 0 spiro atoms. The number of hydrogen-bond donors (Lipinski definition) is 2. The smallest absolute Gasteiger partial charge is 0.265 e. The monoisotopic (exact) mass is 244 g/mol. The number of carbonyl (C=O) groups excluding carboxylic acids is 1. The van der Waals surface area contributed by atoms with Gasteiger partial charge in [0.25, 0.3) is 5.91 Å². The first kappa shape index (κ1) is 9.98. The molecular formula is C11H8N4OS. The van der Waals surface area contributed by atoms with Crippen molar-refractivity contribution in [3.63, 3.8) is 0 Å². The van der Waals surface area contributed by atoms with Crippen LogP contribution in [0.3, 0.4) is 0 Å². The van der Waals surface area contributed by atoms with Gasteiger partial charge in [0, 0.05) is 0 Å². The van der Waals surface area contributed by atoms with Crippen LogP contribution in [-0.4, -0.2) is 20.9 Å². The van der Waals surface area contributed by atoms with Crippen LogP contribution in [0.25, 0.3) is 11.2 Å². The number of fused-ring (bicyclic) bond motifs is 1. The van der Waals surface area contributed by atoms with Crippen LogP contribution in [0.5, 0.6) is 0 Å². The molecule has 3 heterocycles. The Kier molecular flexibility index (Phi) is 2.34. The highest BCUT2D eigenvalue weighted by atomic mass is 32.1. The van der Waals surface area contributed by atoms with Crippen molar-refractivity contribution in [3.8, 4) is 0 Å². The molecule has 0 aliphatic rings. The zero-order valence-corrected chi connectivity index (χ0v) is 9.49. The zero-order valence-electron chi connectivity index (χ0n) is 8.68. The molecule has 0 fully saturated rings. The molecule has 0 unspecified atom stereocenters. The van der Waals surface area contributed by atoms with E-state index in [0.29, 0.717) is 16.2 Å². The Morgan fingerprint density at radius 1 is 1.41 bits per heavy atom. The third kappa shape index (κ3) is 1.90. The van der Waals surface area contributed by atoms with Gasteiger partial charge in [0.2, 0.25) is 0 Å². The number of imidazole rings is 1. The van der Waals surface area contributed by atoms with E-state index in [1.807, 2.05) is 11.4 Å². The lowest BCUT2D eigenvalue weighted by molar-refractivity contribution is 0.103. The number of aromatic amines is 1. The maximum absolute atomic E-state index is 11.8. The van der Waals surface area contributed by atoms with E-state index >= 15 is 0 Å². The van der Waals surface area contributed by atoms with Crippen molar-refractivity contribution >= 4 is 34.1 Å². The van der Waals surface area contributed by atoms with Gasteiger partial charge < -0.3 is 10.3 Å². The average molecular weight is 244 g/mol. The highest BCUT2D eigenvalue weighted by molar-refractivity contribution is 7.12. The van der Waals surface area contributed by atoms with Crippen LogP contribution in [-0.2, 0) is 0 Å². The minimum atomic E-state index is -0.124. The summed E-state index contributed by atoms with van der Waals surface area (Å²) in [5.41, 5.74) is 2.09. The lowest BCUT2D eigenvalue weighted by Crippen LogP contribution is -2.10. The Labute approximate surface area is 101 Å². The molecule has 1 amide bonds. The molecule has 0 saturated heterocycles. The summed E-state index contributed by atoms with van der Waals surface area (Å²) in [6.07, 6.45) is 3.16. The van der Waals surface area contributed by atoms with Crippen LogP contribution in [0.1, 0.15) is 9.67 Å². The fourth-order valence-corrected chi connectivity index (χ4v) is 2.12. The number of thiophene rings is 1. The molecule has 2 N–H and O–H groups in total. The fourth-order valence-electron chi connectivity index (χ4n) is 1.50. The van der Waals surface area contributed by atoms with E-state index in [9.17, 15) is 4.79 Å². The van der Waals surface area contributed by atoms with Crippen LogP contribution in [0, 0.1) is 0 Å². The molecule has 0 aromatic carbocycles. The molecule has 84 valence electrons. The van der Waals surface area contributed by atoms with Crippen molar-refractivity contribution in [3.05, 3.63) is 41.0 Å². The molecule has 0 saturated carbocycles. The maximum atomic E-state index is 11.8. The number of nitrogens with zero attached hydrogens (tertiary/aromatic N) is 2. The Bertz CT molecular complexity index is 659. The molecule has 0 atom stereocenters. The van der Waals surface area contributed by atoms with Crippen molar-refractivity contribution in [1.29, 1.82) is 0 Å². The third-order valence-electron chi connectivity index (χ3n) is 2.28. The molecule has 3 rings (SSSR count). The van der Waals surface area contributed by atoms with Gasteiger partial charge in [-0.3, -0.25) is 4.79 Å². The summed E-state index contributed by atoms with van der Waals surface area (Å²) in [6, 6.07) is 5.43. The van der Waals surface area contributed by atoms with Crippen LogP contribution < -0.4 is 5.32 Å². The summed E-state index contributed by atoms with van der Waals surface area (Å²) < 4.78 is 0. The first-order valence-corrected chi connectivity index (χ1v) is 5.85. The van der Waals surface area contributed by atoms with Gasteiger partial charge in [-0.05, 0) is 17.5 Å². The van der Waals surface area contributed by atoms with Crippen molar-refractivity contribution in [1.82, 2.24) is 15.0 Å². The molecule has 0 aliphatic heterocycles. The second kappa shape index (κ2) is 3.99. The number of aromatic nitrogens is 3. The van der Waals surface area contributed by atoms with Gasteiger partial charge in [0.05, 0.1) is 28.6 Å². The van der Waals surface area contributed by atoms with Gasteiger partial charge in [-0.2, -0.15) is 0 Å². The molecule has 3 aromatic heterocycles. The summed E-state index contributed by atoms with van der Waals surface area (Å²) in [5, 5.41) is 4.65. The fraction of sp³-hybridized carbons (Fsp3) is 0. The molecule has 6 heteroatoms. The van der Waals surface area contributed by atoms with Gasteiger partial charge >= 0.3 is 0 Å². The normalized spacial score (nSPS) is 10.6. The molecular weight excluding hydrogens is 236 g/mol. The first-order valence-electron chi connectivity index (χ1n) is 4.97. The number of pyridine rings is 1. The lowest BCUT2D eigenvalue weighted by Gasteiger charge is -2.02. The second-order valence-electron chi connectivity index (χ2n) is 3.43. The largest absolute Gasteiger partial charge is 0.343 e. The highest BCUT2D eigenvalue weighted by Gasteiger charge is 2.07. The van der Waals surface area contributed by atoms with E-state index in [1.54, 1.807) is 24.7 Å². The minimum absolute atomic E-state index is 0.124. The Hall–Kier alpha value is -2.21. The SMILES string of the molecule is O=C(Nc1cnc2nc[nH]c2c1)c1cccs1. The molecule has 3 aromatic rings.